The van der Waals surface area contributed by atoms with Gasteiger partial charge < -0.3 is 5.32 Å². The smallest absolute Gasteiger partial charge is 0.284 e. The number of nitrogens with one attached hydrogen (secondary N) is 1. The minimum Gasteiger partial charge on any atom is -0.363 e. The molecule has 1 fully saturated rings. The van der Waals surface area contributed by atoms with Crippen LogP contribution >= 0.6 is 11.8 Å². The summed E-state index contributed by atoms with van der Waals surface area (Å²) < 4.78 is 27.5. The lowest BCUT2D eigenvalue weighted by atomic mass is 10.2. The molecule has 0 aromatic heterocycles. The third-order valence-corrected chi connectivity index (χ3v) is 4.46. The summed E-state index contributed by atoms with van der Waals surface area (Å²) >= 11 is 1.43. The third kappa shape index (κ3) is 2.56. The number of nitrogens with zero attached hydrogens (tertiary/aromatic N) is 1. The summed E-state index contributed by atoms with van der Waals surface area (Å²) in [6, 6.07) is 6.69. The van der Waals surface area contributed by atoms with Crippen molar-refractivity contribution in [3.63, 3.8) is 0 Å². The molecule has 1 N–H and O–H groups in total. The zero-order valence-electron chi connectivity index (χ0n) is 8.80. The Morgan fingerprint density at radius 2 is 2.00 bits per heavy atom. The van der Waals surface area contributed by atoms with Gasteiger partial charge in [0.05, 0.1) is 4.90 Å². The van der Waals surface area contributed by atoms with Gasteiger partial charge in [-0.25, -0.2) is 0 Å². The first-order chi connectivity index (χ1) is 7.58. The van der Waals surface area contributed by atoms with Crippen LogP contribution in [0.15, 0.2) is 33.6 Å². The number of hydrogen-bond acceptors (Lipinski definition) is 3. The van der Waals surface area contributed by atoms with Gasteiger partial charge in [-0.15, -0.1) is 4.40 Å². The molecule has 0 saturated carbocycles. The first-order valence-electron chi connectivity index (χ1n) is 4.86. The Labute approximate surface area is 99.2 Å². The molecule has 0 spiro atoms. The molecule has 0 radical (unpaired) electrons. The zero-order chi connectivity index (χ0) is 11.6. The third-order valence-electron chi connectivity index (χ3n) is 2.14. The normalized spacial score (nSPS) is 18.7. The number of thioether (sulfide) groups is 1. The molecule has 0 bridgehead atoms. The first kappa shape index (κ1) is 11.5. The number of sulfonamides is 1. The second-order valence-corrected chi connectivity index (χ2v) is 6.15. The van der Waals surface area contributed by atoms with E-state index in [2.05, 4.69) is 9.71 Å². The van der Waals surface area contributed by atoms with Gasteiger partial charge in [-0.05, 0) is 19.1 Å². The summed E-state index contributed by atoms with van der Waals surface area (Å²) in [5.74, 6) is 0.863. The maximum Gasteiger partial charge on any atom is 0.284 e. The lowest BCUT2D eigenvalue weighted by Crippen LogP contribution is -2.15. The van der Waals surface area contributed by atoms with Gasteiger partial charge >= 0.3 is 0 Å². The minimum atomic E-state index is -3.56. The van der Waals surface area contributed by atoms with Gasteiger partial charge in [-0.2, -0.15) is 8.42 Å². The van der Waals surface area contributed by atoms with Crippen LogP contribution in [0.1, 0.15) is 5.56 Å². The van der Waals surface area contributed by atoms with Crippen LogP contribution in [0, 0.1) is 6.92 Å². The molecule has 86 valence electrons. The van der Waals surface area contributed by atoms with E-state index < -0.39 is 10.0 Å². The van der Waals surface area contributed by atoms with Crippen molar-refractivity contribution in [2.24, 2.45) is 4.40 Å². The number of hydrogen-bond donors (Lipinski definition) is 1. The lowest BCUT2D eigenvalue weighted by Gasteiger charge is -2.00. The molecule has 0 unspecified atom stereocenters. The van der Waals surface area contributed by atoms with Gasteiger partial charge in [-0.3, -0.25) is 0 Å². The summed E-state index contributed by atoms with van der Waals surface area (Å²) in [4.78, 5) is 0.236. The number of benzene rings is 1. The molecule has 0 aliphatic carbocycles. The summed E-state index contributed by atoms with van der Waals surface area (Å²) in [6.07, 6.45) is 0. The number of amidine groups is 1. The standard InChI is InChI=1S/C10H12N2O2S2/c1-8-2-4-9(5-3-8)16(13,14)12-10-11-6-7-15-10/h2-5H,6-7H2,1H3,(H,11,12). The maximum absolute atomic E-state index is 11.9. The molecule has 1 aliphatic rings. The second-order valence-electron chi connectivity index (χ2n) is 3.46. The quantitative estimate of drug-likeness (QED) is 0.868. The predicted octanol–water partition coefficient (Wildman–Crippen LogP) is 1.38. The molecule has 6 heteroatoms. The van der Waals surface area contributed by atoms with Crippen molar-refractivity contribution in [1.82, 2.24) is 5.32 Å². The van der Waals surface area contributed by atoms with Crippen molar-refractivity contribution in [3.05, 3.63) is 29.8 Å². The Morgan fingerprint density at radius 3 is 2.56 bits per heavy atom. The largest absolute Gasteiger partial charge is 0.363 e. The van der Waals surface area contributed by atoms with Crippen LogP contribution in [0.3, 0.4) is 0 Å². The molecule has 4 nitrogen and oxygen atoms in total. The Kier molecular flexibility index (Phi) is 3.20. The van der Waals surface area contributed by atoms with Crippen molar-refractivity contribution < 1.29 is 8.42 Å². The summed E-state index contributed by atoms with van der Waals surface area (Å²) in [6.45, 7) is 2.68. The average molecular weight is 256 g/mol. The second kappa shape index (κ2) is 4.47. The van der Waals surface area contributed by atoms with Gasteiger partial charge in [0.25, 0.3) is 10.0 Å². The predicted molar refractivity (Wildman–Crippen MR) is 66.3 cm³/mol. The molecule has 2 rings (SSSR count). The highest BCUT2D eigenvalue weighted by Crippen LogP contribution is 2.16. The van der Waals surface area contributed by atoms with Gasteiger partial charge in [0, 0.05) is 12.3 Å². The number of rotatable bonds is 2. The molecule has 1 aromatic rings. The Balaban J connectivity index is 2.31. The molecular formula is C10H12N2O2S2. The highest BCUT2D eigenvalue weighted by molar-refractivity contribution is 8.14. The van der Waals surface area contributed by atoms with E-state index in [0.717, 1.165) is 17.9 Å². The van der Waals surface area contributed by atoms with Gasteiger partial charge in [0.2, 0.25) is 0 Å². The van der Waals surface area contributed by atoms with Gasteiger partial charge in [0.1, 0.15) is 0 Å². The molecule has 16 heavy (non-hydrogen) atoms. The van der Waals surface area contributed by atoms with Crippen molar-refractivity contribution in [3.8, 4) is 0 Å². The van der Waals surface area contributed by atoms with Crippen molar-refractivity contribution >= 4 is 27.0 Å². The maximum atomic E-state index is 11.9. The molecule has 1 aliphatic heterocycles. The summed E-state index contributed by atoms with van der Waals surface area (Å²) in [5.41, 5.74) is 1.03. The highest BCUT2D eigenvalue weighted by Gasteiger charge is 2.16. The molecule has 1 heterocycles. The van der Waals surface area contributed by atoms with Crippen molar-refractivity contribution in [1.29, 1.82) is 0 Å². The van der Waals surface area contributed by atoms with E-state index in [1.54, 1.807) is 24.3 Å². The fourth-order valence-electron chi connectivity index (χ4n) is 1.29. The van der Waals surface area contributed by atoms with Crippen LogP contribution in [0.25, 0.3) is 0 Å². The zero-order valence-corrected chi connectivity index (χ0v) is 10.4. The molecule has 1 aromatic carbocycles. The van der Waals surface area contributed by atoms with E-state index in [4.69, 9.17) is 0 Å². The van der Waals surface area contributed by atoms with E-state index >= 15 is 0 Å². The Bertz CT molecular complexity index is 498. The minimum absolute atomic E-state index is 0.236. The average Bonchev–Trinajstić information content (AvgIpc) is 2.70. The molecular weight excluding hydrogens is 244 g/mol. The lowest BCUT2D eigenvalue weighted by molar-refractivity contribution is 0.598. The monoisotopic (exact) mass is 256 g/mol. The molecule has 0 atom stereocenters. The van der Waals surface area contributed by atoms with Crippen LogP contribution in [-0.4, -0.2) is 25.9 Å². The number of aryl methyl sites for hydroxylation is 1. The van der Waals surface area contributed by atoms with Crippen LogP contribution in [0.4, 0.5) is 0 Å². The van der Waals surface area contributed by atoms with E-state index in [1.165, 1.54) is 11.8 Å². The van der Waals surface area contributed by atoms with E-state index in [9.17, 15) is 8.42 Å². The van der Waals surface area contributed by atoms with Crippen LogP contribution in [0.5, 0.6) is 0 Å². The summed E-state index contributed by atoms with van der Waals surface area (Å²) in [7, 11) is -3.56. The van der Waals surface area contributed by atoms with Crippen molar-refractivity contribution in [2.45, 2.75) is 11.8 Å². The van der Waals surface area contributed by atoms with Crippen LogP contribution < -0.4 is 5.32 Å². The van der Waals surface area contributed by atoms with Crippen LogP contribution in [-0.2, 0) is 10.0 Å². The topological polar surface area (TPSA) is 58.5 Å². The van der Waals surface area contributed by atoms with Crippen LogP contribution in [0.2, 0.25) is 0 Å². The van der Waals surface area contributed by atoms with E-state index in [1.807, 2.05) is 6.92 Å². The fraction of sp³-hybridized carbons (Fsp3) is 0.300. The van der Waals surface area contributed by atoms with Crippen molar-refractivity contribution in [2.75, 3.05) is 12.3 Å². The van der Waals surface area contributed by atoms with Gasteiger partial charge in [-0.1, -0.05) is 29.5 Å². The SMILES string of the molecule is Cc1ccc(S(=O)(=O)/N=C2\NCCS2)cc1. The Hall–Kier alpha value is -1.01. The van der Waals surface area contributed by atoms with E-state index in [0.29, 0.717) is 5.17 Å². The van der Waals surface area contributed by atoms with Gasteiger partial charge in [0.15, 0.2) is 5.17 Å². The molecule has 0 amide bonds. The molecule has 1 saturated heterocycles. The highest BCUT2D eigenvalue weighted by atomic mass is 32.2. The fourth-order valence-corrected chi connectivity index (χ4v) is 3.26. The first-order valence-corrected chi connectivity index (χ1v) is 7.29. The summed E-state index contributed by atoms with van der Waals surface area (Å²) in [5, 5.41) is 3.41. The van der Waals surface area contributed by atoms with E-state index in [-0.39, 0.29) is 4.90 Å². The Morgan fingerprint density at radius 1 is 1.31 bits per heavy atom.